The van der Waals surface area contributed by atoms with E-state index in [2.05, 4.69) is 97.0 Å². The van der Waals surface area contributed by atoms with E-state index in [9.17, 15) is 0 Å². The maximum Gasteiger partial charge on any atom is 0.0441 e. The van der Waals surface area contributed by atoms with E-state index in [0.717, 1.165) is 91.7 Å². The normalized spacial score (nSPS) is 12.6. The highest BCUT2D eigenvalue weighted by Gasteiger charge is 2.33. The molecule has 232 valence electrons. The van der Waals surface area contributed by atoms with Gasteiger partial charge in [-0.3, -0.25) is 0 Å². The van der Waals surface area contributed by atoms with Crippen LogP contribution < -0.4 is 5.73 Å². The van der Waals surface area contributed by atoms with Crippen LogP contribution in [0, 0.1) is 5.41 Å². The van der Waals surface area contributed by atoms with Crippen LogP contribution in [0.3, 0.4) is 0 Å². The van der Waals surface area contributed by atoms with Crippen LogP contribution in [0.15, 0.2) is 97.1 Å². The molecule has 0 bridgehead atoms. The van der Waals surface area contributed by atoms with E-state index < -0.39 is 0 Å². The molecule has 0 heterocycles. The molecule has 1 nitrogen and oxygen atoms in total. The number of hydrogen-bond acceptors (Lipinski definition) is 2. The van der Waals surface area contributed by atoms with Crippen LogP contribution in [0.2, 0.25) is 5.02 Å². The lowest BCUT2D eigenvalue weighted by Gasteiger charge is -2.38. The Morgan fingerprint density at radius 3 is 2.02 bits per heavy atom. The first-order valence-electron chi connectivity index (χ1n) is 15.8. The summed E-state index contributed by atoms with van der Waals surface area (Å²) in [5, 5.41) is 0.805. The number of thiol groups is 1. The second kappa shape index (κ2) is 20.0. The molecule has 2 unspecified atom stereocenters. The zero-order valence-corrected chi connectivity index (χ0v) is 28.9. The first-order chi connectivity index (χ1) is 20.0. The standard InChI is InChI=1S/C32H43Cl.C7H15NS/c1-8-20-32(21-9-2,27(7)25(5)23-30-13-11-12-14-31(30)33)22-19-24(4)26(6)29-17-15-28(10-3)16-18-29;1-6(2)7(8)4-3-5-9/h11-18,26H,4-5,7-10,19-23H2,1-3,6H3;7,9H,1,3-5,8H2,2H3. The number of hydrogen-bond donors (Lipinski definition) is 2. The number of nitrogens with two attached hydrogens (primary N) is 1. The fourth-order valence-electron chi connectivity index (χ4n) is 5.59. The molecule has 2 rings (SSSR count). The number of rotatable bonds is 18. The number of halogens is 1. The summed E-state index contributed by atoms with van der Waals surface area (Å²) in [6.07, 6.45) is 10.6. The van der Waals surface area contributed by atoms with Crippen LogP contribution in [-0.4, -0.2) is 11.8 Å². The molecule has 0 aliphatic carbocycles. The van der Waals surface area contributed by atoms with Crippen molar-refractivity contribution >= 4 is 24.2 Å². The minimum atomic E-state index is 0.0660. The third-order valence-corrected chi connectivity index (χ3v) is 9.30. The first-order valence-corrected chi connectivity index (χ1v) is 16.9. The molecule has 0 saturated carbocycles. The van der Waals surface area contributed by atoms with Crippen LogP contribution in [0.25, 0.3) is 0 Å². The van der Waals surface area contributed by atoms with Gasteiger partial charge in [0.1, 0.15) is 0 Å². The van der Waals surface area contributed by atoms with Crippen molar-refractivity contribution in [2.24, 2.45) is 11.1 Å². The zero-order valence-electron chi connectivity index (χ0n) is 27.3. The van der Waals surface area contributed by atoms with Crippen LogP contribution in [0.5, 0.6) is 0 Å². The van der Waals surface area contributed by atoms with Gasteiger partial charge in [0.15, 0.2) is 0 Å². The molecule has 0 amide bonds. The molecule has 0 saturated heterocycles. The fraction of sp³-hybridized carbons (Fsp3) is 0.487. The van der Waals surface area contributed by atoms with Crippen molar-refractivity contribution in [1.82, 2.24) is 0 Å². The maximum atomic E-state index is 6.44. The van der Waals surface area contributed by atoms with Gasteiger partial charge in [-0.25, -0.2) is 0 Å². The van der Waals surface area contributed by atoms with Crippen molar-refractivity contribution in [2.75, 3.05) is 5.75 Å². The van der Waals surface area contributed by atoms with Gasteiger partial charge >= 0.3 is 0 Å². The van der Waals surface area contributed by atoms with Crippen LogP contribution >= 0.6 is 24.2 Å². The molecular formula is C39H58ClNS. The molecule has 2 aromatic rings. The Morgan fingerprint density at radius 2 is 1.52 bits per heavy atom. The average molecular weight is 608 g/mol. The Labute approximate surface area is 269 Å². The molecule has 2 atom stereocenters. The summed E-state index contributed by atoms with van der Waals surface area (Å²) in [6.45, 7) is 28.4. The summed E-state index contributed by atoms with van der Waals surface area (Å²) in [6, 6.07) is 17.3. The highest BCUT2D eigenvalue weighted by Crippen LogP contribution is 2.46. The molecule has 0 aliphatic rings. The Morgan fingerprint density at radius 1 is 0.929 bits per heavy atom. The van der Waals surface area contributed by atoms with Gasteiger partial charge in [0.25, 0.3) is 0 Å². The average Bonchev–Trinajstić information content (AvgIpc) is 2.99. The van der Waals surface area contributed by atoms with Gasteiger partial charge in [0, 0.05) is 17.0 Å². The summed E-state index contributed by atoms with van der Waals surface area (Å²) in [5.41, 5.74) is 14.3. The molecule has 0 aromatic heterocycles. The lowest BCUT2D eigenvalue weighted by molar-refractivity contribution is 0.272. The number of aryl methyl sites for hydroxylation is 1. The molecule has 0 fully saturated rings. The van der Waals surface area contributed by atoms with Gasteiger partial charge in [-0.1, -0.05) is 132 Å². The lowest BCUT2D eigenvalue weighted by atomic mass is 9.67. The summed E-state index contributed by atoms with van der Waals surface area (Å²) in [4.78, 5) is 0. The van der Waals surface area contributed by atoms with E-state index in [1.54, 1.807) is 0 Å². The zero-order chi connectivity index (χ0) is 31.7. The third kappa shape index (κ3) is 12.3. The SMILES string of the molecule is C=C(C)C(N)CCCS.C=C(Cc1ccccc1Cl)C(=C)C(CCC)(CCC)CCC(=C)C(C)c1ccc(CC)cc1. The van der Waals surface area contributed by atoms with Crippen molar-refractivity contribution in [3.63, 3.8) is 0 Å². The predicted octanol–water partition coefficient (Wildman–Crippen LogP) is 11.9. The molecular weight excluding hydrogens is 550 g/mol. The van der Waals surface area contributed by atoms with Crippen molar-refractivity contribution in [3.8, 4) is 0 Å². The molecule has 0 spiro atoms. The van der Waals surface area contributed by atoms with E-state index in [-0.39, 0.29) is 11.5 Å². The van der Waals surface area contributed by atoms with Crippen LogP contribution in [0.1, 0.15) is 109 Å². The summed E-state index contributed by atoms with van der Waals surface area (Å²) >= 11 is 10.5. The summed E-state index contributed by atoms with van der Waals surface area (Å²) in [7, 11) is 0. The molecule has 0 radical (unpaired) electrons. The van der Waals surface area contributed by atoms with Gasteiger partial charge < -0.3 is 5.73 Å². The van der Waals surface area contributed by atoms with Gasteiger partial charge in [0.05, 0.1) is 0 Å². The second-order valence-electron chi connectivity index (χ2n) is 11.9. The Hall–Kier alpha value is -2.00. The topological polar surface area (TPSA) is 26.0 Å². The summed E-state index contributed by atoms with van der Waals surface area (Å²) in [5.74, 6) is 1.28. The minimum Gasteiger partial charge on any atom is -0.324 e. The lowest BCUT2D eigenvalue weighted by Crippen LogP contribution is -2.25. The minimum absolute atomic E-state index is 0.0660. The monoisotopic (exact) mass is 607 g/mol. The fourth-order valence-corrected chi connectivity index (χ4v) is 5.97. The third-order valence-electron chi connectivity index (χ3n) is 8.62. The van der Waals surface area contributed by atoms with Crippen LogP contribution in [-0.2, 0) is 12.8 Å². The van der Waals surface area contributed by atoms with Gasteiger partial charge in [-0.05, 0) is 103 Å². The van der Waals surface area contributed by atoms with Crippen molar-refractivity contribution in [1.29, 1.82) is 0 Å². The number of benzene rings is 2. The smallest absolute Gasteiger partial charge is 0.0441 e. The van der Waals surface area contributed by atoms with Crippen molar-refractivity contribution in [3.05, 3.63) is 119 Å². The quantitative estimate of drug-likeness (QED) is 0.0983. The van der Waals surface area contributed by atoms with Gasteiger partial charge in [0.2, 0.25) is 0 Å². The van der Waals surface area contributed by atoms with E-state index in [1.165, 1.54) is 22.3 Å². The molecule has 2 aromatic carbocycles. The molecule has 3 heteroatoms. The Bertz CT molecular complexity index is 1120. The first kappa shape index (κ1) is 38.0. The Kier molecular flexibility index (Phi) is 18.2. The largest absolute Gasteiger partial charge is 0.324 e. The number of allylic oxidation sites excluding steroid dienone is 3. The molecule has 0 aliphatic heterocycles. The molecule has 2 N–H and O–H groups in total. The van der Waals surface area contributed by atoms with Crippen molar-refractivity contribution in [2.45, 2.75) is 111 Å². The summed E-state index contributed by atoms with van der Waals surface area (Å²) < 4.78 is 0. The Balaban J connectivity index is 0.000000844. The predicted molar refractivity (Wildman–Crippen MR) is 194 cm³/mol. The second-order valence-corrected chi connectivity index (χ2v) is 12.8. The molecule has 42 heavy (non-hydrogen) atoms. The highest BCUT2D eigenvalue weighted by molar-refractivity contribution is 7.80. The van der Waals surface area contributed by atoms with E-state index in [4.69, 9.17) is 17.3 Å². The maximum absolute atomic E-state index is 6.44. The van der Waals surface area contributed by atoms with E-state index in [0.29, 0.717) is 5.92 Å². The van der Waals surface area contributed by atoms with Gasteiger partial charge in [-0.2, -0.15) is 12.6 Å². The van der Waals surface area contributed by atoms with E-state index >= 15 is 0 Å². The van der Waals surface area contributed by atoms with Crippen molar-refractivity contribution < 1.29 is 0 Å². The van der Waals surface area contributed by atoms with E-state index in [1.807, 2.05) is 25.1 Å². The van der Waals surface area contributed by atoms with Gasteiger partial charge in [-0.15, -0.1) is 0 Å². The highest BCUT2D eigenvalue weighted by atomic mass is 35.5. The van der Waals surface area contributed by atoms with Crippen LogP contribution in [0.4, 0.5) is 0 Å².